The standard InChI is InChI=1S/C46H69N2O7P/c1-26(2)33-30(49)25-45(37(53)47-40(5,6)38(54)48-22-12-11-13-23-48)20-18-41(7)27(34(33)45)14-15-31-42(41,8)19-21-46-43(31,9)17-16-32(44(46,10)56-46)55-36(52)29-24-28(35(50)51)39(29,3)4/h26-29,31-32,56H,11-25H2,1-10H3,(H,47,53)(H,50,51)/t27-,28+,29-,31+,32+,41-,42-,43-,44-,45-,46+/m1/s1. The SMILES string of the molecule is CC(C)C1=C2[C@H]3CC[C@@H]4[C@@]5(C)CC[C@H](OC(=O)[C@H]6C[C@@H](C(=O)O)C6(C)C)[C@@]6(C)P[C@@]56CC[C@@]4(C)[C@]3(C)CC[C@@]2(C(=O)NC(C)(C)C(=O)N2CCCCC2)CC1=O. The maximum Gasteiger partial charge on any atom is 0.309 e. The number of nitrogens with one attached hydrogen (secondary N) is 1. The van der Waals surface area contributed by atoms with Gasteiger partial charge in [-0.15, -0.1) is 8.58 Å². The molecule has 0 aromatic rings. The lowest BCUT2D eigenvalue weighted by molar-refractivity contribution is -0.198. The van der Waals surface area contributed by atoms with Gasteiger partial charge in [0.2, 0.25) is 11.8 Å². The molecule has 2 N–H and O–H groups in total. The number of ketones is 1. The highest BCUT2D eigenvalue weighted by Crippen LogP contribution is 2.89. The van der Waals surface area contributed by atoms with Gasteiger partial charge in [-0.05, 0) is 141 Å². The van der Waals surface area contributed by atoms with Crippen molar-refractivity contribution in [2.75, 3.05) is 13.1 Å². The first-order chi connectivity index (χ1) is 26.0. The fourth-order valence-electron chi connectivity index (χ4n) is 15.3. The van der Waals surface area contributed by atoms with Crippen molar-refractivity contribution >= 4 is 38.1 Å². The van der Waals surface area contributed by atoms with Gasteiger partial charge in [0.1, 0.15) is 11.6 Å². The molecule has 8 aliphatic rings. The lowest BCUT2D eigenvalue weighted by Gasteiger charge is -2.71. The van der Waals surface area contributed by atoms with Crippen LogP contribution in [0, 0.1) is 56.7 Å². The Bertz CT molecular complexity index is 1800. The van der Waals surface area contributed by atoms with Gasteiger partial charge >= 0.3 is 11.9 Å². The number of carbonyl (C=O) groups excluding carboxylic acids is 4. The van der Waals surface area contributed by atoms with Gasteiger partial charge in [0, 0.05) is 29.8 Å². The van der Waals surface area contributed by atoms with E-state index in [1.807, 2.05) is 32.6 Å². The average molecular weight is 793 g/mol. The fraction of sp³-hybridized carbons (Fsp3) is 0.848. The summed E-state index contributed by atoms with van der Waals surface area (Å²) in [5, 5.41) is 13.0. The number of carboxylic acids is 1. The van der Waals surface area contributed by atoms with Crippen LogP contribution in [0.1, 0.15) is 153 Å². The smallest absolute Gasteiger partial charge is 0.309 e. The molecule has 1 unspecified atom stereocenters. The highest BCUT2D eigenvalue weighted by Gasteiger charge is 2.83. The Morgan fingerprint density at radius 1 is 0.857 bits per heavy atom. The molecule has 56 heavy (non-hydrogen) atoms. The number of esters is 1. The van der Waals surface area contributed by atoms with Crippen molar-refractivity contribution in [1.29, 1.82) is 0 Å². The van der Waals surface area contributed by atoms with Crippen LogP contribution < -0.4 is 5.32 Å². The maximum absolute atomic E-state index is 14.9. The minimum Gasteiger partial charge on any atom is -0.481 e. The predicted molar refractivity (Wildman–Crippen MR) is 217 cm³/mol. The van der Waals surface area contributed by atoms with Gasteiger partial charge in [0.25, 0.3) is 0 Å². The summed E-state index contributed by atoms with van der Waals surface area (Å²) in [6, 6.07) is 0. The summed E-state index contributed by atoms with van der Waals surface area (Å²) in [5.41, 5.74) is -0.618. The maximum atomic E-state index is 14.9. The summed E-state index contributed by atoms with van der Waals surface area (Å²) in [5.74, 6) is -1.38. The summed E-state index contributed by atoms with van der Waals surface area (Å²) in [4.78, 5) is 70.3. The fourth-order valence-corrected chi connectivity index (χ4v) is 17.9. The number of Topliss-reactive ketones (excluding diaryl/α,β-unsaturated/α-hetero) is 1. The van der Waals surface area contributed by atoms with Crippen LogP contribution in [0.4, 0.5) is 0 Å². The van der Waals surface area contributed by atoms with Crippen molar-refractivity contribution in [3.05, 3.63) is 11.1 Å². The molecule has 0 aromatic heterocycles. The Morgan fingerprint density at radius 2 is 1.52 bits per heavy atom. The Kier molecular flexibility index (Phi) is 9.12. The van der Waals surface area contributed by atoms with Gasteiger partial charge in [0.15, 0.2) is 5.78 Å². The van der Waals surface area contributed by atoms with Crippen molar-refractivity contribution < 1.29 is 33.8 Å². The van der Waals surface area contributed by atoms with Crippen molar-refractivity contribution in [2.45, 2.75) is 175 Å². The molecule has 2 heterocycles. The van der Waals surface area contributed by atoms with Crippen molar-refractivity contribution in [3.8, 4) is 0 Å². The molecule has 2 saturated heterocycles. The van der Waals surface area contributed by atoms with Gasteiger partial charge in [-0.3, -0.25) is 24.0 Å². The number of aliphatic carboxylic acids is 1. The molecule has 10 heteroatoms. The van der Waals surface area contributed by atoms with Crippen molar-refractivity contribution in [3.63, 3.8) is 0 Å². The largest absolute Gasteiger partial charge is 0.481 e. The second-order valence-electron chi connectivity index (χ2n) is 22.2. The second kappa shape index (κ2) is 12.6. The van der Waals surface area contributed by atoms with E-state index in [0.29, 0.717) is 18.8 Å². The number of hydrogen-bond donors (Lipinski definition) is 2. The summed E-state index contributed by atoms with van der Waals surface area (Å²) in [6.07, 6.45) is 11.0. The summed E-state index contributed by atoms with van der Waals surface area (Å²) < 4.78 is 6.46. The molecule has 1 spiro atoms. The first-order valence-electron chi connectivity index (χ1n) is 22.1. The monoisotopic (exact) mass is 792 g/mol. The number of likely N-dealkylation sites (tertiary alicyclic amines) is 1. The molecule has 0 bridgehead atoms. The predicted octanol–water partition coefficient (Wildman–Crippen LogP) is 8.08. The van der Waals surface area contributed by atoms with Gasteiger partial charge < -0.3 is 20.1 Å². The van der Waals surface area contributed by atoms with E-state index >= 15 is 0 Å². The minimum atomic E-state index is -1.06. The van der Waals surface area contributed by atoms with E-state index in [1.165, 1.54) is 0 Å². The topological polar surface area (TPSA) is 130 Å². The number of carbonyl (C=O) groups is 5. The molecule has 7 fully saturated rings. The molecule has 5 saturated carbocycles. The van der Waals surface area contributed by atoms with E-state index in [1.54, 1.807) is 0 Å². The number of carboxylic acid groups (broad SMARTS) is 1. The Balaban J connectivity index is 1.06. The third kappa shape index (κ3) is 5.09. The Hall–Kier alpha value is -2.28. The molecular weight excluding hydrogens is 723 g/mol. The molecule has 8 rings (SSSR count). The summed E-state index contributed by atoms with van der Waals surface area (Å²) in [6.45, 7) is 23.1. The Morgan fingerprint density at radius 3 is 2.14 bits per heavy atom. The number of hydrogen-bond acceptors (Lipinski definition) is 6. The van der Waals surface area contributed by atoms with Crippen LogP contribution in [0.2, 0.25) is 0 Å². The zero-order valence-corrected chi connectivity index (χ0v) is 36.9. The molecule has 9 nitrogen and oxygen atoms in total. The van der Waals surface area contributed by atoms with E-state index in [-0.39, 0.29) is 80.4 Å². The Labute approximate surface area is 336 Å². The highest BCUT2D eigenvalue weighted by atomic mass is 31.1. The second-order valence-corrected chi connectivity index (χ2v) is 24.4. The molecule has 2 aliphatic heterocycles. The number of allylic oxidation sites excluding steroid dienone is 1. The molecule has 0 radical (unpaired) electrons. The number of ether oxygens (including phenoxy) is 1. The number of fused-ring (bicyclic) bond motifs is 6. The zero-order chi connectivity index (χ0) is 40.8. The van der Waals surface area contributed by atoms with Crippen LogP contribution in [-0.4, -0.2) is 74.6 Å². The first-order valence-corrected chi connectivity index (χ1v) is 23.1. The summed E-state index contributed by atoms with van der Waals surface area (Å²) >= 11 is 0. The van der Waals surface area contributed by atoms with E-state index in [2.05, 4.69) is 46.9 Å². The van der Waals surface area contributed by atoms with E-state index in [9.17, 15) is 29.1 Å². The van der Waals surface area contributed by atoms with Crippen LogP contribution in [0.5, 0.6) is 0 Å². The van der Waals surface area contributed by atoms with Gasteiger partial charge in [-0.1, -0.05) is 55.4 Å². The summed E-state index contributed by atoms with van der Waals surface area (Å²) in [7, 11) is 0.727. The highest BCUT2D eigenvalue weighted by molar-refractivity contribution is 7.52. The van der Waals surface area contributed by atoms with E-state index in [4.69, 9.17) is 4.74 Å². The van der Waals surface area contributed by atoms with Crippen molar-refractivity contribution in [1.82, 2.24) is 10.2 Å². The molecule has 2 amide bonds. The normalized spacial score (nSPS) is 45.4. The third-order valence-electron chi connectivity index (χ3n) is 18.9. The third-order valence-corrected chi connectivity index (χ3v) is 21.7. The zero-order valence-electron chi connectivity index (χ0n) is 35.9. The number of nitrogens with zero attached hydrogens (tertiary/aromatic N) is 1. The van der Waals surface area contributed by atoms with Crippen LogP contribution in [0.15, 0.2) is 11.1 Å². The molecule has 0 aromatic carbocycles. The lowest BCUT2D eigenvalue weighted by Crippen LogP contribution is -2.68. The number of rotatable bonds is 7. The van der Waals surface area contributed by atoms with Gasteiger partial charge in [0.05, 0.1) is 17.3 Å². The van der Waals surface area contributed by atoms with Gasteiger partial charge in [-0.2, -0.15) is 0 Å². The van der Waals surface area contributed by atoms with E-state index < -0.39 is 28.3 Å². The number of piperidine rings is 1. The van der Waals surface area contributed by atoms with Crippen LogP contribution in [0.25, 0.3) is 0 Å². The molecule has 6 aliphatic carbocycles. The number of amides is 2. The average Bonchev–Trinajstić information content (AvgIpc) is 3.64. The van der Waals surface area contributed by atoms with Crippen LogP contribution in [-0.2, 0) is 28.7 Å². The molecular formula is C46H69N2O7P. The quantitative estimate of drug-likeness (QED) is 0.197. The first kappa shape index (κ1) is 40.5. The lowest BCUT2D eigenvalue weighted by atomic mass is 9.34. The van der Waals surface area contributed by atoms with Gasteiger partial charge in [-0.25, -0.2) is 0 Å². The van der Waals surface area contributed by atoms with Crippen LogP contribution in [0.3, 0.4) is 0 Å². The van der Waals surface area contributed by atoms with E-state index in [0.717, 1.165) is 97.0 Å². The minimum absolute atomic E-state index is 0.00205. The van der Waals surface area contributed by atoms with Crippen LogP contribution >= 0.6 is 8.58 Å². The molecule has 12 atom stereocenters. The molecule has 310 valence electrons. The van der Waals surface area contributed by atoms with Crippen molar-refractivity contribution in [2.24, 2.45) is 56.7 Å².